The molecule has 0 bridgehead atoms. The first kappa shape index (κ1) is 14.5. The first-order valence-electron chi connectivity index (χ1n) is 6.25. The molecule has 3 heterocycles. The monoisotopic (exact) mass is 381 g/mol. The molecule has 3 aromatic heterocycles. The normalized spacial score (nSPS) is 10.8. The van der Waals surface area contributed by atoms with Gasteiger partial charge in [0.2, 0.25) is 0 Å². The van der Waals surface area contributed by atoms with Gasteiger partial charge in [0.25, 0.3) is 5.91 Å². The predicted octanol–water partition coefficient (Wildman–Crippen LogP) is 4.20. The molecular weight excluding hydrogens is 370 g/mol. The summed E-state index contributed by atoms with van der Waals surface area (Å²) in [5.41, 5.74) is 2.38. The van der Waals surface area contributed by atoms with Crippen LogP contribution >= 0.6 is 38.6 Å². The second-order valence-corrected chi connectivity index (χ2v) is 8.05. The van der Waals surface area contributed by atoms with E-state index in [1.165, 1.54) is 0 Å². The van der Waals surface area contributed by atoms with Crippen molar-refractivity contribution >= 4 is 44.5 Å². The summed E-state index contributed by atoms with van der Waals surface area (Å²) in [7, 11) is 0. The highest BCUT2D eigenvalue weighted by Crippen LogP contribution is 2.23. The molecule has 0 saturated carbocycles. The molecule has 0 unspecified atom stereocenters. The largest absolute Gasteiger partial charge is 0.357 e. The molecule has 0 spiro atoms. The summed E-state index contributed by atoms with van der Waals surface area (Å²) in [6.45, 7) is 2.49. The van der Waals surface area contributed by atoms with Crippen LogP contribution in [0.4, 0.5) is 0 Å². The van der Waals surface area contributed by atoms with E-state index in [4.69, 9.17) is 0 Å². The van der Waals surface area contributed by atoms with Crippen LogP contribution in [0.2, 0.25) is 0 Å². The SMILES string of the molecule is Cc1nc(-c2c[nH]c(C(=O)NCc3ccc(Br)s3)c2)cs1. The number of carbonyl (C=O) groups excluding carboxylic acids is 1. The predicted molar refractivity (Wildman–Crippen MR) is 89.8 cm³/mol. The Labute approximate surface area is 138 Å². The van der Waals surface area contributed by atoms with Gasteiger partial charge in [0.15, 0.2) is 0 Å². The van der Waals surface area contributed by atoms with Gasteiger partial charge in [-0.25, -0.2) is 4.98 Å². The van der Waals surface area contributed by atoms with Crippen molar-refractivity contribution in [1.29, 1.82) is 0 Å². The third-order valence-corrected chi connectivity index (χ3v) is 5.29. The molecule has 0 aliphatic rings. The molecule has 0 atom stereocenters. The molecule has 0 aliphatic heterocycles. The minimum atomic E-state index is -0.113. The van der Waals surface area contributed by atoms with Crippen molar-refractivity contribution in [2.45, 2.75) is 13.5 Å². The van der Waals surface area contributed by atoms with Crippen molar-refractivity contribution in [3.05, 3.63) is 49.1 Å². The molecule has 0 aromatic carbocycles. The molecule has 4 nitrogen and oxygen atoms in total. The Balaban J connectivity index is 1.66. The number of H-pyrrole nitrogens is 1. The number of amides is 1. The van der Waals surface area contributed by atoms with E-state index >= 15 is 0 Å². The Bertz CT molecular complexity index is 775. The van der Waals surface area contributed by atoms with Gasteiger partial charge in [-0.3, -0.25) is 4.79 Å². The Morgan fingerprint density at radius 2 is 2.33 bits per heavy atom. The number of hydrogen-bond acceptors (Lipinski definition) is 4. The maximum absolute atomic E-state index is 12.1. The van der Waals surface area contributed by atoms with Gasteiger partial charge in [-0.05, 0) is 41.1 Å². The summed E-state index contributed by atoms with van der Waals surface area (Å²) in [4.78, 5) is 20.6. The van der Waals surface area contributed by atoms with E-state index in [0.717, 1.165) is 24.9 Å². The molecule has 21 heavy (non-hydrogen) atoms. The van der Waals surface area contributed by atoms with Gasteiger partial charge in [0, 0.05) is 22.0 Å². The molecule has 0 aliphatic carbocycles. The Hall–Kier alpha value is -1.44. The number of nitrogens with one attached hydrogen (secondary N) is 2. The third kappa shape index (κ3) is 3.42. The smallest absolute Gasteiger partial charge is 0.268 e. The van der Waals surface area contributed by atoms with E-state index in [9.17, 15) is 4.79 Å². The number of carbonyl (C=O) groups is 1. The molecule has 108 valence electrons. The molecule has 3 rings (SSSR count). The number of rotatable bonds is 4. The van der Waals surface area contributed by atoms with E-state index in [0.29, 0.717) is 12.2 Å². The summed E-state index contributed by atoms with van der Waals surface area (Å²) >= 11 is 6.62. The van der Waals surface area contributed by atoms with E-state index in [2.05, 4.69) is 31.2 Å². The van der Waals surface area contributed by atoms with E-state index in [1.807, 2.05) is 36.7 Å². The minimum absolute atomic E-state index is 0.113. The van der Waals surface area contributed by atoms with Crippen LogP contribution in [0, 0.1) is 6.92 Å². The number of hydrogen-bond donors (Lipinski definition) is 2. The Kier molecular flexibility index (Phi) is 4.23. The molecule has 0 fully saturated rings. The average molecular weight is 382 g/mol. The maximum Gasteiger partial charge on any atom is 0.268 e. The summed E-state index contributed by atoms with van der Waals surface area (Å²) in [5, 5.41) is 5.90. The fourth-order valence-electron chi connectivity index (χ4n) is 1.88. The van der Waals surface area contributed by atoms with Gasteiger partial charge in [-0.2, -0.15) is 0 Å². The lowest BCUT2D eigenvalue weighted by molar-refractivity contribution is 0.0947. The highest BCUT2D eigenvalue weighted by Gasteiger charge is 2.11. The summed E-state index contributed by atoms with van der Waals surface area (Å²) in [6.07, 6.45) is 1.81. The lowest BCUT2D eigenvalue weighted by Gasteiger charge is -2.00. The molecule has 1 amide bonds. The van der Waals surface area contributed by atoms with Crippen LogP contribution < -0.4 is 5.32 Å². The first-order valence-corrected chi connectivity index (χ1v) is 8.74. The molecule has 2 N–H and O–H groups in total. The van der Waals surface area contributed by atoms with Crippen molar-refractivity contribution < 1.29 is 4.79 Å². The lowest BCUT2D eigenvalue weighted by Crippen LogP contribution is -2.22. The molecule has 3 aromatic rings. The number of aromatic nitrogens is 2. The summed E-state index contributed by atoms with van der Waals surface area (Å²) in [6, 6.07) is 5.80. The average Bonchev–Trinajstić information content (AvgIpc) is 3.16. The maximum atomic E-state index is 12.1. The van der Waals surface area contributed by atoms with Gasteiger partial charge in [0.05, 0.1) is 21.0 Å². The highest BCUT2D eigenvalue weighted by atomic mass is 79.9. The lowest BCUT2D eigenvalue weighted by atomic mass is 10.2. The van der Waals surface area contributed by atoms with Crippen molar-refractivity contribution in [3.8, 4) is 11.3 Å². The van der Waals surface area contributed by atoms with Crippen molar-refractivity contribution in [3.63, 3.8) is 0 Å². The quantitative estimate of drug-likeness (QED) is 0.711. The standard InChI is InChI=1S/C14H12BrN3OS2/c1-8-18-12(7-20-8)9-4-11(16-5-9)14(19)17-6-10-2-3-13(15)21-10/h2-5,7,16H,6H2,1H3,(H,17,19). The van der Waals surface area contributed by atoms with Gasteiger partial charge < -0.3 is 10.3 Å². The number of thiophene rings is 1. The zero-order valence-corrected chi connectivity index (χ0v) is 14.4. The fraction of sp³-hybridized carbons (Fsp3) is 0.143. The van der Waals surface area contributed by atoms with Gasteiger partial charge in [-0.1, -0.05) is 0 Å². The fourth-order valence-corrected chi connectivity index (χ4v) is 3.92. The molecule has 0 radical (unpaired) electrons. The summed E-state index contributed by atoms with van der Waals surface area (Å²) < 4.78 is 1.06. The number of aromatic amines is 1. The number of halogens is 1. The van der Waals surface area contributed by atoms with Crippen LogP contribution in [0.1, 0.15) is 20.4 Å². The minimum Gasteiger partial charge on any atom is -0.357 e. The molecule has 7 heteroatoms. The second kappa shape index (κ2) is 6.13. The van der Waals surface area contributed by atoms with Crippen LogP contribution in [0.15, 0.2) is 33.6 Å². The summed E-state index contributed by atoms with van der Waals surface area (Å²) in [5.74, 6) is -0.113. The van der Waals surface area contributed by atoms with Crippen molar-refractivity contribution in [1.82, 2.24) is 15.3 Å². The molecular formula is C14H12BrN3OS2. The van der Waals surface area contributed by atoms with Crippen LogP contribution in [0.5, 0.6) is 0 Å². The van der Waals surface area contributed by atoms with E-state index in [1.54, 1.807) is 22.7 Å². The topological polar surface area (TPSA) is 57.8 Å². The van der Waals surface area contributed by atoms with E-state index in [-0.39, 0.29) is 5.91 Å². The van der Waals surface area contributed by atoms with Crippen LogP contribution in [0.25, 0.3) is 11.3 Å². The Morgan fingerprint density at radius 1 is 1.48 bits per heavy atom. The zero-order chi connectivity index (χ0) is 14.8. The highest BCUT2D eigenvalue weighted by molar-refractivity contribution is 9.11. The van der Waals surface area contributed by atoms with Crippen LogP contribution in [-0.4, -0.2) is 15.9 Å². The molecule has 0 saturated heterocycles. The van der Waals surface area contributed by atoms with E-state index < -0.39 is 0 Å². The van der Waals surface area contributed by atoms with Crippen LogP contribution in [-0.2, 0) is 6.54 Å². The van der Waals surface area contributed by atoms with Gasteiger partial charge in [-0.15, -0.1) is 22.7 Å². The second-order valence-electron chi connectivity index (χ2n) is 4.44. The van der Waals surface area contributed by atoms with Gasteiger partial charge >= 0.3 is 0 Å². The Morgan fingerprint density at radius 3 is 3.00 bits per heavy atom. The zero-order valence-electron chi connectivity index (χ0n) is 11.1. The first-order chi connectivity index (χ1) is 10.1. The number of nitrogens with zero attached hydrogens (tertiary/aromatic N) is 1. The number of thiazole rings is 1. The van der Waals surface area contributed by atoms with Gasteiger partial charge in [0.1, 0.15) is 5.69 Å². The third-order valence-electron chi connectivity index (χ3n) is 2.89. The number of aryl methyl sites for hydroxylation is 1. The van der Waals surface area contributed by atoms with Crippen molar-refractivity contribution in [2.24, 2.45) is 0 Å². The van der Waals surface area contributed by atoms with Crippen LogP contribution in [0.3, 0.4) is 0 Å². The van der Waals surface area contributed by atoms with Crippen molar-refractivity contribution in [2.75, 3.05) is 0 Å².